The zero-order valence-electron chi connectivity index (χ0n) is 14.2. The van der Waals surface area contributed by atoms with Crippen LogP contribution in [-0.4, -0.2) is 48.4 Å². The number of nitrogens with zero attached hydrogens (tertiary/aromatic N) is 1. The highest BCUT2D eigenvalue weighted by atomic mass is 16.5. The summed E-state index contributed by atoms with van der Waals surface area (Å²) in [5.74, 6) is -1.14. The number of likely N-dealkylation sites (tertiary alicyclic amines) is 1. The van der Waals surface area contributed by atoms with Crippen LogP contribution in [0.2, 0.25) is 0 Å². The van der Waals surface area contributed by atoms with Crippen LogP contribution >= 0.6 is 0 Å². The van der Waals surface area contributed by atoms with Gasteiger partial charge in [-0.3, -0.25) is 14.4 Å². The average molecular weight is 332 g/mol. The van der Waals surface area contributed by atoms with Crippen molar-refractivity contribution in [1.29, 1.82) is 0 Å². The SMILES string of the molecule is Cc1cccc(C(=O)NCC(=O)OCC(=O)N2CCCC[C@@H]2C)c1. The summed E-state index contributed by atoms with van der Waals surface area (Å²) >= 11 is 0. The first-order chi connectivity index (χ1) is 11.5. The van der Waals surface area contributed by atoms with Gasteiger partial charge < -0.3 is 15.0 Å². The predicted molar refractivity (Wildman–Crippen MR) is 89.5 cm³/mol. The fourth-order valence-corrected chi connectivity index (χ4v) is 2.79. The molecule has 0 aliphatic carbocycles. The van der Waals surface area contributed by atoms with Gasteiger partial charge in [0.1, 0.15) is 6.54 Å². The molecule has 1 fully saturated rings. The Hall–Kier alpha value is -2.37. The lowest BCUT2D eigenvalue weighted by Crippen LogP contribution is -2.44. The molecule has 0 spiro atoms. The van der Waals surface area contributed by atoms with E-state index in [2.05, 4.69) is 5.32 Å². The van der Waals surface area contributed by atoms with Gasteiger partial charge in [0.25, 0.3) is 11.8 Å². The van der Waals surface area contributed by atoms with E-state index in [1.807, 2.05) is 19.9 Å². The second-order valence-corrected chi connectivity index (χ2v) is 6.14. The second-order valence-electron chi connectivity index (χ2n) is 6.14. The molecule has 0 aromatic heterocycles. The van der Waals surface area contributed by atoms with Crippen molar-refractivity contribution in [1.82, 2.24) is 10.2 Å². The highest BCUT2D eigenvalue weighted by molar-refractivity contribution is 5.96. The number of rotatable bonds is 5. The van der Waals surface area contributed by atoms with Crippen molar-refractivity contribution in [3.05, 3.63) is 35.4 Å². The van der Waals surface area contributed by atoms with Crippen molar-refractivity contribution < 1.29 is 19.1 Å². The van der Waals surface area contributed by atoms with Crippen LogP contribution in [-0.2, 0) is 14.3 Å². The summed E-state index contributed by atoms with van der Waals surface area (Å²) in [4.78, 5) is 37.5. The van der Waals surface area contributed by atoms with Gasteiger partial charge in [-0.05, 0) is 45.2 Å². The van der Waals surface area contributed by atoms with Gasteiger partial charge in [0, 0.05) is 18.2 Å². The van der Waals surface area contributed by atoms with Gasteiger partial charge in [0.15, 0.2) is 6.61 Å². The Labute approximate surface area is 142 Å². The van der Waals surface area contributed by atoms with E-state index in [0.29, 0.717) is 12.1 Å². The number of carbonyl (C=O) groups excluding carboxylic acids is 3. The average Bonchev–Trinajstić information content (AvgIpc) is 2.58. The van der Waals surface area contributed by atoms with Crippen LogP contribution in [0.15, 0.2) is 24.3 Å². The van der Waals surface area contributed by atoms with Gasteiger partial charge in [-0.2, -0.15) is 0 Å². The Bertz CT molecular complexity index is 615. The molecule has 0 saturated carbocycles. The van der Waals surface area contributed by atoms with E-state index in [4.69, 9.17) is 4.74 Å². The van der Waals surface area contributed by atoms with Gasteiger partial charge in [-0.15, -0.1) is 0 Å². The van der Waals surface area contributed by atoms with Gasteiger partial charge >= 0.3 is 5.97 Å². The smallest absolute Gasteiger partial charge is 0.325 e. The maximum atomic E-state index is 12.1. The van der Waals surface area contributed by atoms with Crippen molar-refractivity contribution in [3.63, 3.8) is 0 Å². The van der Waals surface area contributed by atoms with E-state index in [-0.39, 0.29) is 31.0 Å². The van der Waals surface area contributed by atoms with Crippen LogP contribution in [0.1, 0.15) is 42.1 Å². The number of hydrogen-bond donors (Lipinski definition) is 1. The number of carbonyl (C=O) groups is 3. The zero-order valence-corrected chi connectivity index (χ0v) is 14.2. The van der Waals surface area contributed by atoms with Crippen LogP contribution in [0.4, 0.5) is 0 Å². The minimum Gasteiger partial charge on any atom is -0.454 e. The predicted octanol–water partition coefficient (Wildman–Crippen LogP) is 1.67. The molecule has 130 valence electrons. The molecule has 24 heavy (non-hydrogen) atoms. The van der Waals surface area contributed by atoms with Crippen molar-refractivity contribution in [2.24, 2.45) is 0 Å². The third kappa shape index (κ3) is 5.08. The third-order valence-electron chi connectivity index (χ3n) is 4.15. The Morgan fingerprint density at radius 2 is 2.08 bits per heavy atom. The van der Waals surface area contributed by atoms with Gasteiger partial charge in [-0.1, -0.05) is 17.7 Å². The summed E-state index contributed by atoms with van der Waals surface area (Å²) in [5, 5.41) is 2.50. The van der Waals surface area contributed by atoms with E-state index in [0.717, 1.165) is 24.8 Å². The number of piperidine rings is 1. The van der Waals surface area contributed by atoms with Crippen LogP contribution in [0.25, 0.3) is 0 Å². The quantitative estimate of drug-likeness (QED) is 0.832. The summed E-state index contributed by atoms with van der Waals surface area (Å²) in [6.07, 6.45) is 3.08. The molecule has 6 nitrogen and oxygen atoms in total. The van der Waals surface area contributed by atoms with E-state index in [1.165, 1.54) is 0 Å². The highest BCUT2D eigenvalue weighted by Crippen LogP contribution is 2.16. The molecule has 6 heteroatoms. The third-order valence-corrected chi connectivity index (χ3v) is 4.15. The molecule has 1 heterocycles. The normalized spacial score (nSPS) is 17.2. The number of esters is 1. The molecule has 0 bridgehead atoms. The molecule has 1 saturated heterocycles. The van der Waals surface area contributed by atoms with E-state index in [9.17, 15) is 14.4 Å². The Kier molecular flexibility index (Phi) is 6.35. The summed E-state index contributed by atoms with van der Waals surface area (Å²) in [7, 11) is 0. The summed E-state index contributed by atoms with van der Waals surface area (Å²) in [5.41, 5.74) is 1.45. The maximum absolute atomic E-state index is 12.1. The van der Waals surface area contributed by atoms with Crippen LogP contribution in [0, 0.1) is 6.92 Å². The molecule has 1 aliphatic rings. The number of ether oxygens (including phenoxy) is 1. The monoisotopic (exact) mass is 332 g/mol. The van der Waals surface area contributed by atoms with Gasteiger partial charge in [-0.25, -0.2) is 0 Å². The largest absolute Gasteiger partial charge is 0.454 e. The first-order valence-electron chi connectivity index (χ1n) is 8.27. The zero-order chi connectivity index (χ0) is 17.5. The highest BCUT2D eigenvalue weighted by Gasteiger charge is 2.23. The second kappa shape index (κ2) is 8.47. The topological polar surface area (TPSA) is 75.7 Å². The lowest BCUT2D eigenvalue weighted by Gasteiger charge is -2.33. The van der Waals surface area contributed by atoms with Crippen molar-refractivity contribution in [2.75, 3.05) is 19.7 Å². The van der Waals surface area contributed by atoms with Crippen molar-refractivity contribution in [3.8, 4) is 0 Å². The number of benzene rings is 1. The summed E-state index contributed by atoms with van der Waals surface area (Å²) < 4.78 is 4.97. The molecule has 2 amide bonds. The molecule has 1 atom stereocenters. The number of aryl methyl sites for hydroxylation is 1. The van der Waals surface area contributed by atoms with Crippen molar-refractivity contribution in [2.45, 2.75) is 39.2 Å². The van der Waals surface area contributed by atoms with Crippen LogP contribution in [0.3, 0.4) is 0 Å². The van der Waals surface area contributed by atoms with Gasteiger partial charge in [0.2, 0.25) is 0 Å². The Morgan fingerprint density at radius 1 is 1.29 bits per heavy atom. The van der Waals surface area contributed by atoms with Crippen LogP contribution in [0.5, 0.6) is 0 Å². The number of nitrogens with one attached hydrogen (secondary N) is 1. The van der Waals surface area contributed by atoms with E-state index < -0.39 is 5.97 Å². The molecule has 1 aliphatic heterocycles. The molecular weight excluding hydrogens is 308 g/mol. The molecular formula is C18H24N2O4. The number of amides is 2. The van der Waals surface area contributed by atoms with Crippen molar-refractivity contribution >= 4 is 17.8 Å². The molecule has 1 aromatic rings. The number of hydrogen-bond acceptors (Lipinski definition) is 4. The Balaban J connectivity index is 1.73. The van der Waals surface area contributed by atoms with Crippen LogP contribution < -0.4 is 5.32 Å². The van der Waals surface area contributed by atoms with E-state index >= 15 is 0 Å². The van der Waals surface area contributed by atoms with E-state index in [1.54, 1.807) is 23.1 Å². The molecule has 2 rings (SSSR count). The minimum atomic E-state index is -0.617. The molecule has 1 N–H and O–H groups in total. The maximum Gasteiger partial charge on any atom is 0.325 e. The minimum absolute atomic E-state index is 0.180. The molecule has 1 aromatic carbocycles. The standard InChI is InChI=1S/C18H24N2O4/c1-13-6-5-8-15(10-13)18(23)19-11-17(22)24-12-16(21)20-9-4-3-7-14(20)2/h5-6,8,10,14H,3-4,7,9,11-12H2,1-2H3,(H,19,23)/t14-/m0/s1. The fourth-order valence-electron chi connectivity index (χ4n) is 2.79. The molecule has 0 radical (unpaired) electrons. The lowest BCUT2D eigenvalue weighted by atomic mass is 10.0. The lowest BCUT2D eigenvalue weighted by molar-refractivity contribution is -0.152. The Morgan fingerprint density at radius 3 is 2.79 bits per heavy atom. The summed E-state index contributed by atoms with van der Waals surface area (Å²) in [6.45, 7) is 4.07. The van der Waals surface area contributed by atoms with Gasteiger partial charge in [0.05, 0.1) is 0 Å². The molecule has 0 unspecified atom stereocenters. The summed E-state index contributed by atoms with van der Waals surface area (Å²) in [6, 6.07) is 7.27. The fraction of sp³-hybridized carbons (Fsp3) is 0.500. The first-order valence-corrected chi connectivity index (χ1v) is 8.27. The first kappa shape index (κ1) is 18.0.